The van der Waals surface area contributed by atoms with Gasteiger partial charge in [-0.3, -0.25) is 0 Å². The Labute approximate surface area is 85.6 Å². The van der Waals surface area contributed by atoms with Crippen molar-refractivity contribution in [3.05, 3.63) is 35.9 Å². The lowest BCUT2D eigenvalue weighted by molar-refractivity contribution is 0.414. The monoisotopic (exact) mass is 191 g/mol. The first-order chi connectivity index (χ1) is 6.77. The van der Waals surface area contributed by atoms with Crippen LogP contribution in [0.3, 0.4) is 0 Å². The van der Waals surface area contributed by atoms with E-state index in [1.807, 2.05) is 31.3 Å². The molecule has 2 heteroatoms. The summed E-state index contributed by atoms with van der Waals surface area (Å²) in [6.07, 6.45) is 4.18. The number of hydrogen-bond acceptors (Lipinski definition) is 2. The van der Waals surface area contributed by atoms with Crippen molar-refractivity contribution in [2.24, 2.45) is 0 Å². The maximum Gasteiger partial charge on any atom is 0.126 e. The van der Waals surface area contributed by atoms with Gasteiger partial charge in [-0.2, -0.15) is 0 Å². The number of para-hydroxylation sites is 1. The largest absolute Gasteiger partial charge is 0.496 e. The van der Waals surface area contributed by atoms with Crippen LogP contribution in [-0.2, 0) is 0 Å². The Bertz CT molecular complexity index is 307. The first-order valence-corrected chi connectivity index (χ1v) is 4.76. The highest BCUT2D eigenvalue weighted by Gasteiger charge is 1.97. The van der Waals surface area contributed by atoms with Crippen LogP contribution in [0, 0.1) is 0 Å². The topological polar surface area (TPSA) is 21.3 Å². The second-order valence-electron chi connectivity index (χ2n) is 3.18. The van der Waals surface area contributed by atoms with Crippen LogP contribution in [0.5, 0.6) is 5.75 Å². The second-order valence-corrected chi connectivity index (χ2v) is 3.18. The number of ether oxygens (including phenoxy) is 1. The molecule has 0 aliphatic heterocycles. The summed E-state index contributed by atoms with van der Waals surface area (Å²) in [7, 11) is 3.63. The van der Waals surface area contributed by atoms with Gasteiger partial charge in [0.1, 0.15) is 5.75 Å². The van der Waals surface area contributed by atoms with Crippen LogP contribution in [0.2, 0.25) is 0 Å². The summed E-state index contributed by atoms with van der Waals surface area (Å²) in [5.74, 6) is 0.909. The molecule has 0 aliphatic carbocycles. The highest BCUT2D eigenvalue weighted by Crippen LogP contribution is 2.18. The Kier molecular flexibility index (Phi) is 4.20. The van der Waals surface area contributed by atoms with E-state index in [-0.39, 0.29) is 0 Å². The molecule has 0 aliphatic rings. The number of benzene rings is 1. The Morgan fingerprint density at radius 1 is 1.36 bits per heavy atom. The molecule has 14 heavy (non-hydrogen) atoms. The van der Waals surface area contributed by atoms with Gasteiger partial charge in [-0.15, -0.1) is 0 Å². The number of rotatable bonds is 4. The van der Waals surface area contributed by atoms with Crippen molar-refractivity contribution < 1.29 is 4.74 Å². The van der Waals surface area contributed by atoms with Crippen LogP contribution in [-0.4, -0.2) is 20.2 Å². The summed E-state index contributed by atoms with van der Waals surface area (Å²) < 4.78 is 5.24. The van der Waals surface area contributed by atoms with E-state index in [1.165, 1.54) is 0 Å². The predicted octanol–water partition coefficient (Wildman–Crippen LogP) is 2.32. The maximum atomic E-state index is 5.24. The first kappa shape index (κ1) is 10.8. The van der Waals surface area contributed by atoms with Crippen molar-refractivity contribution in [3.8, 4) is 5.75 Å². The van der Waals surface area contributed by atoms with Gasteiger partial charge in [0.2, 0.25) is 0 Å². The van der Waals surface area contributed by atoms with Crippen molar-refractivity contribution in [1.82, 2.24) is 5.32 Å². The molecule has 0 saturated carbocycles. The summed E-state index contributed by atoms with van der Waals surface area (Å²) in [6.45, 7) is 2.10. The summed E-state index contributed by atoms with van der Waals surface area (Å²) in [5.41, 5.74) is 1.11. The minimum atomic E-state index is 0.375. The summed E-state index contributed by atoms with van der Waals surface area (Å²) in [6, 6.07) is 8.35. The van der Waals surface area contributed by atoms with E-state index >= 15 is 0 Å². The zero-order valence-electron chi connectivity index (χ0n) is 8.95. The van der Waals surface area contributed by atoms with Crippen LogP contribution in [0.25, 0.3) is 6.08 Å². The standard InChI is InChI=1S/C12H17NO/c1-10(13-2)8-9-11-6-4-5-7-12(11)14-3/h4-10,13H,1-3H3/b9-8+. The van der Waals surface area contributed by atoms with Crippen LogP contribution >= 0.6 is 0 Å². The van der Waals surface area contributed by atoms with Gasteiger partial charge >= 0.3 is 0 Å². The SMILES string of the molecule is CNC(C)/C=C/c1ccccc1OC. The van der Waals surface area contributed by atoms with Crippen LogP contribution in [0.15, 0.2) is 30.3 Å². The minimum Gasteiger partial charge on any atom is -0.496 e. The molecule has 0 aromatic heterocycles. The van der Waals surface area contributed by atoms with Crippen molar-refractivity contribution in [2.45, 2.75) is 13.0 Å². The third-order valence-electron chi connectivity index (χ3n) is 2.16. The third kappa shape index (κ3) is 2.89. The van der Waals surface area contributed by atoms with Gasteiger partial charge in [-0.1, -0.05) is 30.4 Å². The van der Waals surface area contributed by atoms with Gasteiger partial charge < -0.3 is 10.1 Å². The molecule has 1 rings (SSSR count). The number of likely N-dealkylation sites (N-methyl/N-ethyl adjacent to an activating group) is 1. The Morgan fingerprint density at radius 2 is 2.07 bits per heavy atom. The molecule has 1 atom stereocenters. The molecule has 0 amide bonds. The smallest absolute Gasteiger partial charge is 0.126 e. The predicted molar refractivity (Wildman–Crippen MR) is 60.5 cm³/mol. The molecule has 1 aromatic carbocycles. The molecule has 0 fully saturated rings. The van der Waals surface area contributed by atoms with Crippen LogP contribution in [0.1, 0.15) is 12.5 Å². The fourth-order valence-electron chi connectivity index (χ4n) is 1.15. The van der Waals surface area contributed by atoms with E-state index in [9.17, 15) is 0 Å². The second kappa shape index (κ2) is 5.45. The molecule has 1 aromatic rings. The number of hydrogen-bond donors (Lipinski definition) is 1. The third-order valence-corrected chi connectivity index (χ3v) is 2.16. The molecule has 0 bridgehead atoms. The van der Waals surface area contributed by atoms with Crippen molar-refractivity contribution in [1.29, 1.82) is 0 Å². The van der Waals surface area contributed by atoms with E-state index in [0.717, 1.165) is 11.3 Å². The van der Waals surface area contributed by atoms with Gasteiger partial charge in [0, 0.05) is 11.6 Å². The van der Waals surface area contributed by atoms with Crippen LogP contribution < -0.4 is 10.1 Å². The lowest BCUT2D eigenvalue weighted by Gasteiger charge is -2.05. The highest BCUT2D eigenvalue weighted by molar-refractivity contribution is 5.57. The summed E-state index contributed by atoms with van der Waals surface area (Å²) >= 11 is 0. The quantitative estimate of drug-likeness (QED) is 0.788. The van der Waals surface area contributed by atoms with Gasteiger partial charge in [0.05, 0.1) is 7.11 Å². The fourth-order valence-corrected chi connectivity index (χ4v) is 1.15. The lowest BCUT2D eigenvalue weighted by Crippen LogP contribution is -2.17. The zero-order valence-corrected chi connectivity index (χ0v) is 8.95. The van der Waals surface area contributed by atoms with E-state index in [1.54, 1.807) is 7.11 Å². The molecular formula is C12H17NO. The molecule has 1 N–H and O–H groups in total. The molecule has 0 saturated heterocycles. The molecule has 76 valence electrons. The molecular weight excluding hydrogens is 174 g/mol. The average Bonchev–Trinajstić information content (AvgIpc) is 2.26. The maximum absolute atomic E-state index is 5.24. The van der Waals surface area contributed by atoms with Gasteiger partial charge in [-0.25, -0.2) is 0 Å². The molecule has 2 nitrogen and oxygen atoms in total. The van der Waals surface area contributed by atoms with E-state index in [4.69, 9.17) is 4.74 Å². The van der Waals surface area contributed by atoms with E-state index in [2.05, 4.69) is 24.4 Å². The Morgan fingerprint density at radius 3 is 2.71 bits per heavy atom. The fraction of sp³-hybridized carbons (Fsp3) is 0.333. The van der Waals surface area contributed by atoms with Crippen LogP contribution in [0.4, 0.5) is 0 Å². The van der Waals surface area contributed by atoms with E-state index < -0.39 is 0 Å². The first-order valence-electron chi connectivity index (χ1n) is 4.76. The summed E-state index contributed by atoms with van der Waals surface area (Å²) in [5, 5.41) is 3.15. The molecule has 0 radical (unpaired) electrons. The van der Waals surface area contributed by atoms with Gasteiger partial charge in [-0.05, 0) is 20.0 Å². The Hall–Kier alpha value is -1.28. The highest BCUT2D eigenvalue weighted by atomic mass is 16.5. The van der Waals surface area contributed by atoms with Crippen molar-refractivity contribution in [2.75, 3.05) is 14.2 Å². The number of methoxy groups -OCH3 is 1. The van der Waals surface area contributed by atoms with Crippen molar-refractivity contribution in [3.63, 3.8) is 0 Å². The Balaban J connectivity index is 2.80. The van der Waals surface area contributed by atoms with E-state index in [0.29, 0.717) is 6.04 Å². The minimum absolute atomic E-state index is 0.375. The van der Waals surface area contributed by atoms with Gasteiger partial charge in [0.25, 0.3) is 0 Å². The molecule has 0 heterocycles. The lowest BCUT2D eigenvalue weighted by atomic mass is 10.1. The van der Waals surface area contributed by atoms with Gasteiger partial charge in [0.15, 0.2) is 0 Å². The zero-order chi connectivity index (χ0) is 10.4. The molecule has 1 unspecified atom stereocenters. The summed E-state index contributed by atoms with van der Waals surface area (Å²) in [4.78, 5) is 0. The number of nitrogens with one attached hydrogen (secondary N) is 1. The molecule has 0 spiro atoms. The normalized spacial score (nSPS) is 13.1. The van der Waals surface area contributed by atoms with Crippen molar-refractivity contribution >= 4 is 6.08 Å². The average molecular weight is 191 g/mol.